The summed E-state index contributed by atoms with van der Waals surface area (Å²) in [4.78, 5) is 7.78. The van der Waals surface area contributed by atoms with E-state index < -0.39 is 17.5 Å². The third kappa shape index (κ3) is 2.06. The molecule has 0 saturated carbocycles. The summed E-state index contributed by atoms with van der Waals surface area (Å²) in [6.45, 7) is 0. The fraction of sp³-hybridized carbons (Fsp3) is 0.0909. The minimum Gasteiger partial charge on any atom is -0.357 e. The maximum absolute atomic E-state index is 13.5. The Hall–Kier alpha value is -2.11. The minimum absolute atomic E-state index is 0.109. The molecule has 0 aliphatic rings. The molecule has 0 amide bonds. The second-order valence-electron chi connectivity index (χ2n) is 3.24. The maximum Gasteiger partial charge on any atom is 0.222 e. The van der Waals surface area contributed by atoms with Gasteiger partial charge >= 0.3 is 0 Å². The van der Waals surface area contributed by atoms with Gasteiger partial charge in [-0.1, -0.05) is 0 Å². The Morgan fingerprint density at radius 2 is 1.82 bits per heavy atom. The summed E-state index contributed by atoms with van der Waals surface area (Å²) in [6.07, 6.45) is 1.40. The third-order valence-corrected chi connectivity index (χ3v) is 2.19. The summed E-state index contributed by atoms with van der Waals surface area (Å²) in [5, 5.41) is 2.67. The highest BCUT2D eigenvalue weighted by atomic mass is 19.2. The molecule has 1 heterocycles. The minimum atomic E-state index is -1.51. The quantitative estimate of drug-likeness (QED) is 0.818. The first kappa shape index (κ1) is 11.4. The van der Waals surface area contributed by atoms with Crippen molar-refractivity contribution < 1.29 is 13.2 Å². The van der Waals surface area contributed by atoms with E-state index in [0.29, 0.717) is 0 Å². The number of anilines is 1. The molecule has 0 saturated heterocycles. The summed E-state index contributed by atoms with van der Waals surface area (Å²) in [5.74, 6) is -3.72. The Bertz CT molecular complexity index is 558. The predicted molar refractivity (Wildman–Crippen MR) is 56.9 cm³/mol. The standard InChI is InChI=1S/C11H8F3N3/c1-15-11-16-5-4-8(17-11)6-2-3-7(12)10(14)9(6)13/h2-5H,1H3,(H,15,16,17). The molecule has 0 bridgehead atoms. The zero-order valence-electron chi connectivity index (χ0n) is 8.84. The summed E-state index contributed by atoms with van der Waals surface area (Å²) in [7, 11) is 1.60. The van der Waals surface area contributed by atoms with Crippen molar-refractivity contribution >= 4 is 5.95 Å². The Morgan fingerprint density at radius 1 is 1.06 bits per heavy atom. The molecule has 0 fully saturated rings. The van der Waals surface area contributed by atoms with Crippen LogP contribution in [0.1, 0.15) is 0 Å². The van der Waals surface area contributed by atoms with Gasteiger partial charge in [0, 0.05) is 18.8 Å². The summed E-state index contributed by atoms with van der Waals surface area (Å²) < 4.78 is 39.3. The van der Waals surface area contributed by atoms with Gasteiger partial charge in [-0.05, 0) is 18.2 Å². The largest absolute Gasteiger partial charge is 0.357 e. The number of rotatable bonds is 2. The molecule has 1 aromatic carbocycles. The van der Waals surface area contributed by atoms with Gasteiger partial charge in [0.05, 0.1) is 5.69 Å². The van der Waals surface area contributed by atoms with Gasteiger partial charge in [0.25, 0.3) is 0 Å². The SMILES string of the molecule is CNc1nccc(-c2ccc(F)c(F)c2F)n1. The second-order valence-corrected chi connectivity index (χ2v) is 3.24. The zero-order valence-corrected chi connectivity index (χ0v) is 8.84. The molecule has 0 unspecified atom stereocenters. The van der Waals surface area contributed by atoms with Crippen molar-refractivity contribution in [2.75, 3.05) is 12.4 Å². The average molecular weight is 239 g/mol. The summed E-state index contributed by atoms with van der Waals surface area (Å²) in [6, 6.07) is 3.40. The van der Waals surface area contributed by atoms with Crippen molar-refractivity contribution in [1.82, 2.24) is 9.97 Å². The molecule has 0 spiro atoms. The van der Waals surface area contributed by atoms with Gasteiger partial charge in [0.2, 0.25) is 5.95 Å². The van der Waals surface area contributed by atoms with Crippen molar-refractivity contribution in [2.45, 2.75) is 0 Å². The van der Waals surface area contributed by atoms with Gasteiger partial charge in [-0.2, -0.15) is 0 Å². The molecular weight excluding hydrogens is 231 g/mol. The molecule has 2 rings (SSSR count). The number of nitrogens with zero attached hydrogens (tertiary/aromatic N) is 2. The van der Waals surface area contributed by atoms with Crippen LogP contribution >= 0.6 is 0 Å². The van der Waals surface area contributed by atoms with E-state index in [-0.39, 0.29) is 17.2 Å². The van der Waals surface area contributed by atoms with Crippen molar-refractivity contribution in [1.29, 1.82) is 0 Å². The molecule has 3 nitrogen and oxygen atoms in total. The molecule has 0 atom stereocenters. The van der Waals surface area contributed by atoms with Crippen LogP contribution in [-0.4, -0.2) is 17.0 Å². The highest BCUT2D eigenvalue weighted by Gasteiger charge is 2.15. The van der Waals surface area contributed by atoms with E-state index in [9.17, 15) is 13.2 Å². The van der Waals surface area contributed by atoms with Crippen LogP contribution in [0.2, 0.25) is 0 Å². The Morgan fingerprint density at radius 3 is 2.53 bits per heavy atom. The monoisotopic (exact) mass is 239 g/mol. The summed E-state index contributed by atoms with van der Waals surface area (Å²) in [5.41, 5.74) is 0.0727. The van der Waals surface area contributed by atoms with Crippen LogP contribution in [0.5, 0.6) is 0 Å². The lowest BCUT2D eigenvalue weighted by atomic mass is 10.1. The van der Waals surface area contributed by atoms with E-state index in [1.165, 1.54) is 12.3 Å². The Labute approximate surface area is 95.3 Å². The first-order valence-electron chi connectivity index (χ1n) is 4.78. The molecule has 88 valence electrons. The first-order valence-corrected chi connectivity index (χ1v) is 4.78. The van der Waals surface area contributed by atoms with Gasteiger partial charge in [0.15, 0.2) is 17.5 Å². The second kappa shape index (κ2) is 4.40. The average Bonchev–Trinajstić information content (AvgIpc) is 2.36. The third-order valence-electron chi connectivity index (χ3n) is 2.19. The zero-order chi connectivity index (χ0) is 12.4. The predicted octanol–water partition coefficient (Wildman–Crippen LogP) is 2.60. The van der Waals surface area contributed by atoms with Crippen molar-refractivity contribution in [3.63, 3.8) is 0 Å². The van der Waals surface area contributed by atoms with E-state index in [2.05, 4.69) is 15.3 Å². The lowest BCUT2D eigenvalue weighted by Gasteiger charge is -2.05. The fourth-order valence-corrected chi connectivity index (χ4v) is 1.35. The fourth-order valence-electron chi connectivity index (χ4n) is 1.35. The highest BCUT2D eigenvalue weighted by molar-refractivity contribution is 5.60. The number of nitrogens with one attached hydrogen (secondary N) is 1. The van der Waals surface area contributed by atoms with E-state index in [1.54, 1.807) is 7.05 Å². The van der Waals surface area contributed by atoms with Crippen molar-refractivity contribution in [3.05, 3.63) is 41.8 Å². The van der Waals surface area contributed by atoms with Crippen LogP contribution in [0.4, 0.5) is 19.1 Å². The van der Waals surface area contributed by atoms with Gasteiger partial charge < -0.3 is 5.32 Å². The molecule has 0 radical (unpaired) electrons. The molecule has 1 N–H and O–H groups in total. The maximum atomic E-state index is 13.5. The normalized spacial score (nSPS) is 10.4. The number of benzene rings is 1. The van der Waals surface area contributed by atoms with Crippen LogP contribution in [-0.2, 0) is 0 Å². The number of hydrogen-bond acceptors (Lipinski definition) is 3. The smallest absolute Gasteiger partial charge is 0.222 e. The molecule has 2 aromatic rings. The summed E-state index contributed by atoms with van der Waals surface area (Å²) >= 11 is 0. The molecular formula is C11H8F3N3. The molecule has 6 heteroatoms. The number of hydrogen-bond donors (Lipinski definition) is 1. The Balaban J connectivity index is 2.56. The van der Waals surface area contributed by atoms with Crippen LogP contribution in [0.3, 0.4) is 0 Å². The van der Waals surface area contributed by atoms with Gasteiger partial charge in [-0.15, -0.1) is 0 Å². The Kier molecular flexibility index (Phi) is 2.95. The number of halogens is 3. The van der Waals surface area contributed by atoms with Crippen LogP contribution in [0, 0.1) is 17.5 Å². The first-order chi connectivity index (χ1) is 8.13. The highest BCUT2D eigenvalue weighted by Crippen LogP contribution is 2.24. The van der Waals surface area contributed by atoms with Gasteiger partial charge in [-0.3, -0.25) is 0 Å². The topological polar surface area (TPSA) is 37.8 Å². The van der Waals surface area contributed by atoms with Gasteiger partial charge in [0.1, 0.15) is 0 Å². The van der Waals surface area contributed by atoms with Crippen LogP contribution in [0.15, 0.2) is 24.4 Å². The lowest BCUT2D eigenvalue weighted by molar-refractivity contribution is 0.449. The van der Waals surface area contributed by atoms with E-state index in [4.69, 9.17) is 0 Å². The van der Waals surface area contributed by atoms with Crippen molar-refractivity contribution in [2.24, 2.45) is 0 Å². The van der Waals surface area contributed by atoms with E-state index in [0.717, 1.165) is 12.1 Å². The molecule has 1 aromatic heterocycles. The van der Waals surface area contributed by atoms with Crippen molar-refractivity contribution in [3.8, 4) is 11.3 Å². The van der Waals surface area contributed by atoms with E-state index in [1.807, 2.05) is 0 Å². The lowest BCUT2D eigenvalue weighted by Crippen LogP contribution is -1.99. The van der Waals surface area contributed by atoms with Crippen LogP contribution < -0.4 is 5.32 Å². The number of aromatic nitrogens is 2. The van der Waals surface area contributed by atoms with Gasteiger partial charge in [-0.25, -0.2) is 23.1 Å². The molecule has 0 aliphatic heterocycles. The van der Waals surface area contributed by atoms with Crippen LogP contribution in [0.25, 0.3) is 11.3 Å². The molecule has 0 aliphatic carbocycles. The van der Waals surface area contributed by atoms with E-state index >= 15 is 0 Å². The molecule has 17 heavy (non-hydrogen) atoms.